The lowest BCUT2D eigenvalue weighted by Crippen LogP contribution is -2.41. The molecule has 0 spiro atoms. The summed E-state index contributed by atoms with van der Waals surface area (Å²) in [5.74, 6) is 0. The lowest BCUT2D eigenvalue weighted by Gasteiger charge is -2.32. The van der Waals surface area contributed by atoms with Gasteiger partial charge in [0.05, 0.1) is 6.04 Å². The van der Waals surface area contributed by atoms with Crippen molar-refractivity contribution in [2.75, 3.05) is 26.2 Å². The highest BCUT2D eigenvalue weighted by Gasteiger charge is 2.35. The Morgan fingerprint density at radius 3 is 2.80 bits per heavy atom. The molecule has 2 aliphatic heterocycles. The summed E-state index contributed by atoms with van der Waals surface area (Å²) in [5.41, 5.74) is 6.44. The summed E-state index contributed by atoms with van der Waals surface area (Å²) < 4.78 is 0. The number of nitrogens with zero attached hydrogens (tertiary/aromatic N) is 2. The van der Waals surface area contributed by atoms with Crippen molar-refractivity contribution >= 4 is 11.3 Å². The molecule has 3 unspecified atom stereocenters. The summed E-state index contributed by atoms with van der Waals surface area (Å²) in [6, 6.07) is 5.86. The average Bonchev–Trinajstić information content (AvgIpc) is 3.20. The maximum absolute atomic E-state index is 6.44. The van der Waals surface area contributed by atoms with Crippen molar-refractivity contribution in [2.45, 2.75) is 50.7 Å². The SMILES string of the molecule is CCC(N)C(c1cccs1)N1CCC(N2CCCC2)C1. The van der Waals surface area contributed by atoms with Gasteiger partial charge >= 0.3 is 0 Å². The highest BCUT2D eigenvalue weighted by Crippen LogP contribution is 2.33. The lowest BCUT2D eigenvalue weighted by atomic mass is 10.0. The van der Waals surface area contributed by atoms with Crippen LogP contribution in [0.4, 0.5) is 0 Å². The van der Waals surface area contributed by atoms with Gasteiger partial charge in [0.2, 0.25) is 0 Å². The van der Waals surface area contributed by atoms with E-state index in [4.69, 9.17) is 5.73 Å². The number of nitrogens with two attached hydrogens (primary N) is 1. The van der Waals surface area contributed by atoms with E-state index in [1.165, 1.54) is 50.3 Å². The van der Waals surface area contributed by atoms with E-state index in [0.717, 1.165) is 12.5 Å². The molecule has 0 aromatic carbocycles. The zero-order valence-corrected chi connectivity index (χ0v) is 13.3. The van der Waals surface area contributed by atoms with Crippen LogP contribution < -0.4 is 5.73 Å². The predicted octanol–water partition coefficient (Wildman–Crippen LogP) is 2.70. The maximum Gasteiger partial charge on any atom is 0.0593 e. The van der Waals surface area contributed by atoms with Crippen LogP contribution in [0.5, 0.6) is 0 Å². The first kappa shape index (κ1) is 14.5. The third-order valence-electron chi connectivity index (χ3n) is 4.96. The van der Waals surface area contributed by atoms with Crippen molar-refractivity contribution < 1.29 is 0 Å². The minimum atomic E-state index is 0.256. The summed E-state index contributed by atoms with van der Waals surface area (Å²) >= 11 is 1.86. The topological polar surface area (TPSA) is 32.5 Å². The summed E-state index contributed by atoms with van der Waals surface area (Å²) in [5, 5.41) is 2.18. The number of rotatable bonds is 5. The Hall–Kier alpha value is -0.420. The first-order valence-corrected chi connectivity index (χ1v) is 8.94. The van der Waals surface area contributed by atoms with Gasteiger partial charge in [-0.15, -0.1) is 11.3 Å². The molecule has 1 aromatic rings. The van der Waals surface area contributed by atoms with Crippen molar-refractivity contribution in [3.8, 4) is 0 Å². The Labute approximate surface area is 126 Å². The highest BCUT2D eigenvalue weighted by atomic mass is 32.1. The molecule has 3 heterocycles. The fraction of sp³-hybridized carbons (Fsp3) is 0.750. The van der Waals surface area contributed by atoms with Crippen LogP contribution in [0.15, 0.2) is 17.5 Å². The summed E-state index contributed by atoms with van der Waals surface area (Å²) in [4.78, 5) is 6.78. The molecule has 4 heteroatoms. The molecule has 3 rings (SSSR count). The second kappa shape index (κ2) is 6.56. The van der Waals surface area contributed by atoms with Gasteiger partial charge < -0.3 is 5.73 Å². The van der Waals surface area contributed by atoms with Crippen LogP contribution in [0.1, 0.15) is 43.5 Å². The molecule has 0 amide bonds. The van der Waals surface area contributed by atoms with Crippen LogP contribution in [0.25, 0.3) is 0 Å². The molecule has 3 atom stereocenters. The monoisotopic (exact) mass is 293 g/mol. The molecule has 0 saturated carbocycles. The molecule has 1 aromatic heterocycles. The van der Waals surface area contributed by atoms with E-state index < -0.39 is 0 Å². The fourth-order valence-electron chi connectivity index (χ4n) is 3.77. The smallest absolute Gasteiger partial charge is 0.0593 e. The van der Waals surface area contributed by atoms with Crippen LogP contribution in [0, 0.1) is 0 Å². The van der Waals surface area contributed by atoms with Crippen LogP contribution in [-0.4, -0.2) is 48.1 Å². The van der Waals surface area contributed by atoms with Crippen LogP contribution in [0.3, 0.4) is 0 Å². The normalized spacial score (nSPS) is 28.0. The first-order valence-electron chi connectivity index (χ1n) is 8.06. The van der Waals surface area contributed by atoms with Crippen LogP contribution >= 0.6 is 11.3 Å². The summed E-state index contributed by atoms with van der Waals surface area (Å²) in [6.45, 7) is 7.23. The van der Waals surface area contributed by atoms with Crippen molar-refractivity contribution in [3.63, 3.8) is 0 Å². The van der Waals surface area contributed by atoms with Gasteiger partial charge in [0.25, 0.3) is 0 Å². The predicted molar refractivity (Wildman–Crippen MR) is 86.1 cm³/mol. The van der Waals surface area contributed by atoms with Crippen molar-refractivity contribution in [2.24, 2.45) is 5.73 Å². The Morgan fingerprint density at radius 2 is 2.15 bits per heavy atom. The largest absolute Gasteiger partial charge is 0.326 e. The zero-order chi connectivity index (χ0) is 13.9. The van der Waals surface area contributed by atoms with Crippen LogP contribution in [0.2, 0.25) is 0 Å². The Morgan fingerprint density at radius 1 is 1.35 bits per heavy atom. The zero-order valence-electron chi connectivity index (χ0n) is 12.5. The molecule has 3 nitrogen and oxygen atoms in total. The average molecular weight is 293 g/mol. The number of likely N-dealkylation sites (tertiary alicyclic amines) is 2. The third-order valence-corrected chi connectivity index (χ3v) is 5.90. The van der Waals surface area contributed by atoms with E-state index >= 15 is 0 Å². The molecular weight excluding hydrogens is 266 g/mol. The van der Waals surface area contributed by atoms with Gasteiger partial charge in [-0.25, -0.2) is 0 Å². The molecule has 20 heavy (non-hydrogen) atoms. The summed E-state index contributed by atoms with van der Waals surface area (Å²) in [6.07, 6.45) is 5.14. The quantitative estimate of drug-likeness (QED) is 0.906. The molecule has 0 bridgehead atoms. The van der Waals surface area contributed by atoms with E-state index in [1.54, 1.807) is 0 Å². The number of hydrogen-bond acceptors (Lipinski definition) is 4. The second-order valence-corrected chi connectivity index (χ2v) is 7.19. The van der Waals surface area contributed by atoms with Gasteiger partial charge in [-0.05, 0) is 50.2 Å². The van der Waals surface area contributed by atoms with E-state index in [2.05, 4.69) is 34.2 Å². The molecule has 0 aliphatic carbocycles. The van der Waals surface area contributed by atoms with Crippen LogP contribution in [-0.2, 0) is 0 Å². The molecule has 2 N–H and O–H groups in total. The van der Waals surface area contributed by atoms with Gasteiger partial charge in [0.15, 0.2) is 0 Å². The Kier molecular flexibility index (Phi) is 4.76. The molecule has 2 saturated heterocycles. The summed E-state index contributed by atoms with van der Waals surface area (Å²) in [7, 11) is 0. The van der Waals surface area contributed by atoms with Gasteiger partial charge in [0, 0.05) is 30.1 Å². The Balaban J connectivity index is 1.69. The second-order valence-electron chi connectivity index (χ2n) is 6.21. The van der Waals surface area contributed by atoms with Gasteiger partial charge in [0.1, 0.15) is 0 Å². The van der Waals surface area contributed by atoms with Gasteiger partial charge in [-0.1, -0.05) is 13.0 Å². The van der Waals surface area contributed by atoms with E-state index in [0.29, 0.717) is 6.04 Å². The third kappa shape index (κ3) is 2.93. The maximum atomic E-state index is 6.44. The van der Waals surface area contributed by atoms with E-state index in [1.807, 2.05) is 11.3 Å². The molecule has 112 valence electrons. The Bertz CT molecular complexity index is 400. The van der Waals surface area contributed by atoms with Crippen molar-refractivity contribution in [1.82, 2.24) is 9.80 Å². The van der Waals surface area contributed by atoms with Crippen molar-refractivity contribution in [1.29, 1.82) is 0 Å². The standard InChI is InChI=1S/C16H27N3S/c1-2-14(17)16(15-6-5-11-20-15)19-10-7-13(12-19)18-8-3-4-9-18/h5-6,11,13-14,16H,2-4,7-10,12,17H2,1H3. The van der Waals surface area contributed by atoms with Gasteiger partial charge in [-0.2, -0.15) is 0 Å². The van der Waals surface area contributed by atoms with E-state index in [9.17, 15) is 0 Å². The molecule has 0 radical (unpaired) electrons. The highest BCUT2D eigenvalue weighted by molar-refractivity contribution is 7.10. The first-order chi connectivity index (χ1) is 9.79. The minimum Gasteiger partial charge on any atom is -0.326 e. The molecular formula is C16H27N3S. The minimum absolute atomic E-state index is 0.256. The molecule has 2 fully saturated rings. The fourth-order valence-corrected chi connectivity index (χ4v) is 4.70. The number of thiophene rings is 1. The number of hydrogen-bond donors (Lipinski definition) is 1. The van der Waals surface area contributed by atoms with E-state index in [-0.39, 0.29) is 6.04 Å². The van der Waals surface area contributed by atoms with Crippen molar-refractivity contribution in [3.05, 3.63) is 22.4 Å². The van der Waals surface area contributed by atoms with Gasteiger partial charge in [-0.3, -0.25) is 9.80 Å². The lowest BCUT2D eigenvalue weighted by molar-refractivity contribution is 0.182. The molecule has 2 aliphatic rings.